The number of pyridine rings is 1. The number of benzene rings is 2. The number of fused-ring (bicyclic) bond motifs is 3. The molecule has 2 aliphatic heterocycles. The minimum atomic E-state index is -3.91. The van der Waals surface area contributed by atoms with E-state index >= 15 is 0 Å². The Balaban J connectivity index is 0.000000574. The summed E-state index contributed by atoms with van der Waals surface area (Å²) in [4.78, 5) is 60.2. The number of sulfonamides is 1. The van der Waals surface area contributed by atoms with Crippen LogP contribution in [0.5, 0.6) is 11.6 Å². The Labute approximate surface area is 345 Å². The number of ether oxygens (including phenoxy) is 2. The van der Waals surface area contributed by atoms with Gasteiger partial charge in [-0.25, -0.2) is 13.4 Å². The van der Waals surface area contributed by atoms with Crippen LogP contribution in [0.3, 0.4) is 0 Å². The normalized spacial score (nSPS) is 27.2. The number of rotatable bonds is 8. The summed E-state index contributed by atoms with van der Waals surface area (Å²) in [5.41, 5.74) is 5.28. The molecule has 2 aliphatic carbocycles. The summed E-state index contributed by atoms with van der Waals surface area (Å²) in [7, 11) is 1.58. The molecule has 2 aromatic carbocycles. The number of primary amides is 1. The van der Waals surface area contributed by atoms with Gasteiger partial charge in [-0.1, -0.05) is 26.0 Å². The number of hydrogen-bond acceptors (Lipinski definition) is 10. The van der Waals surface area contributed by atoms with E-state index < -0.39 is 44.3 Å². The van der Waals surface area contributed by atoms with Gasteiger partial charge in [0.2, 0.25) is 33.6 Å². The number of allylic oxidation sites excluding steroid dienone is 1. The van der Waals surface area contributed by atoms with Crippen molar-refractivity contribution in [2.24, 2.45) is 23.5 Å². The second kappa shape index (κ2) is 17.0. The van der Waals surface area contributed by atoms with Crippen LogP contribution in [-0.4, -0.2) is 92.1 Å². The SMILES string of the molecule is CN(C)c1ccc(C(N)=O)cc1.COc1ccc2c(O[C@@H]3C[C@H]4C(=O)N[C@]5(C(=O)NS(=O)(=O)C6(C)CC6)C[C@H]5/C=C\CC[C@H](C)C[C@@H](C)CC(=O)N4C3)nccc2c1.[HH].[HH].[HH]. The Hall–Kier alpha value is -5.18. The van der Waals surface area contributed by atoms with E-state index in [1.807, 2.05) is 67.5 Å². The van der Waals surface area contributed by atoms with Crippen molar-refractivity contribution in [1.82, 2.24) is 19.9 Å². The van der Waals surface area contributed by atoms with Crippen LogP contribution in [0.2, 0.25) is 0 Å². The van der Waals surface area contributed by atoms with Crippen LogP contribution in [0.15, 0.2) is 66.9 Å². The molecule has 4 aliphatic rings. The average molecular weight is 823 g/mol. The molecule has 4 N–H and O–H groups in total. The third-order valence-corrected chi connectivity index (χ3v) is 14.0. The molecule has 2 saturated carbocycles. The zero-order valence-electron chi connectivity index (χ0n) is 34.2. The minimum Gasteiger partial charge on any atom is -0.497 e. The zero-order valence-corrected chi connectivity index (χ0v) is 35.0. The van der Waals surface area contributed by atoms with E-state index in [1.165, 1.54) is 0 Å². The van der Waals surface area contributed by atoms with Crippen molar-refractivity contribution in [2.75, 3.05) is 32.6 Å². The van der Waals surface area contributed by atoms with Crippen LogP contribution in [0, 0.1) is 17.8 Å². The summed E-state index contributed by atoms with van der Waals surface area (Å²) in [6.45, 7) is 6.03. The highest BCUT2D eigenvalue weighted by molar-refractivity contribution is 7.91. The lowest BCUT2D eigenvalue weighted by Crippen LogP contribution is -2.57. The van der Waals surface area contributed by atoms with Gasteiger partial charge in [0.15, 0.2) is 0 Å². The fourth-order valence-electron chi connectivity index (χ4n) is 7.85. The summed E-state index contributed by atoms with van der Waals surface area (Å²) in [5, 5.41) is 4.58. The first-order chi connectivity index (χ1) is 27.4. The van der Waals surface area contributed by atoms with Gasteiger partial charge in [0, 0.05) is 60.0 Å². The van der Waals surface area contributed by atoms with Gasteiger partial charge in [0.25, 0.3) is 5.91 Å². The first-order valence-electron chi connectivity index (χ1n) is 20.0. The predicted molar refractivity (Wildman–Crippen MR) is 228 cm³/mol. The molecule has 0 bridgehead atoms. The summed E-state index contributed by atoms with van der Waals surface area (Å²) in [6, 6.07) is 13.7. The van der Waals surface area contributed by atoms with Gasteiger partial charge in [-0.05, 0) is 111 Å². The number of carbonyl (C=O) groups excluding carboxylic acids is 4. The van der Waals surface area contributed by atoms with Crippen molar-refractivity contribution in [3.63, 3.8) is 0 Å². The highest BCUT2D eigenvalue weighted by atomic mass is 32.2. The van der Waals surface area contributed by atoms with Crippen molar-refractivity contribution in [3.8, 4) is 11.6 Å². The molecule has 0 unspecified atom stereocenters. The Bertz CT molecular complexity index is 2190. The van der Waals surface area contributed by atoms with Gasteiger partial charge in [-0.2, -0.15) is 0 Å². The fraction of sp³-hybridized carbons (Fsp3) is 0.512. The molecule has 0 spiro atoms. The number of anilines is 1. The van der Waals surface area contributed by atoms with E-state index in [4.69, 9.17) is 15.2 Å². The van der Waals surface area contributed by atoms with Gasteiger partial charge < -0.3 is 30.3 Å². The van der Waals surface area contributed by atoms with Gasteiger partial charge in [0.1, 0.15) is 23.4 Å². The Kier molecular flexibility index (Phi) is 12.4. The second-order valence-corrected chi connectivity index (χ2v) is 19.1. The Morgan fingerprint density at radius 3 is 2.43 bits per heavy atom. The second-order valence-electron chi connectivity index (χ2n) is 16.9. The van der Waals surface area contributed by atoms with Crippen LogP contribution in [0.4, 0.5) is 5.69 Å². The maximum absolute atomic E-state index is 14.1. The summed E-state index contributed by atoms with van der Waals surface area (Å²) >= 11 is 0. The highest BCUT2D eigenvalue weighted by Gasteiger charge is 2.63. The highest BCUT2D eigenvalue weighted by Crippen LogP contribution is 2.47. The quantitative estimate of drug-likeness (QED) is 0.246. The minimum absolute atomic E-state index is 0. The van der Waals surface area contributed by atoms with E-state index in [0.717, 1.165) is 35.7 Å². The topological polar surface area (TPSA) is 190 Å². The molecule has 58 heavy (non-hydrogen) atoms. The third-order valence-electron chi connectivity index (χ3n) is 11.9. The maximum atomic E-state index is 14.1. The zero-order chi connectivity index (χ0) is 42.0. The lowest BCUT2D eigenvalue weighted by atomic mass is 9.91. The molecule has 318 valence electrons. The third kappa shape index (κ3) is 9.40. The molecule has 0 radical (unpaired) electrons. The Morgan fingerprint density at radius 1 is 1.05 bits per heavy atom. The number of aromatic nitrogens is 1. The van der Waals surface area contributed by atoms with E-state index in [9.17, 15) is 27.6 Å². The predicted octanol–water partition coefficient (Wildman–Crippen LogP) is 5.46. The fourth-order valence-corrected chi connectivity index (χ4v) is 9.16. The number of methoxy groups -OCH3 is 1. The molecule has 14 nitrogen and oxygen atoms in total. The van der Waals surface area contributed by atoms with Gasteiger partial charge in [-0.3, -0.25) is 23.9 Å². The molecule has 6 atom stereocenters. The van der Waals surface area contributed by atoms with Gasteiger partial charge >= 0.3 is 0 Å². The number of nitrogens with two attached hydrogens (primary N) is 1. The van der Waals surface area contributed by atoms with E-state index in [-0.39, 0.29) is 53.7 Å². The monoisotopic (exact) mass is 822 g/mol. The lowest BCUT2D eigenvalue weighted by Gasteiger charge is -2.28. The van der Waals surface area contributed by atoms with Crippen molar-refractivity contribution in [3.05, 3.63) is 72.4 Å². The van der Waals surface area contributed by atoms with Crippen molar-refractivity contribution >= 4 is 50.1 Å². The van der Waals surface area contributed by atoms with Crippen LogP contribution >= 0.6 is 0 Å². The molecule has 4 amide bonds. The largest absolute Gasteiger partial charge is 0.497 e. The van der Waals surface area contributed by atoms with E-state index in [1.54, 1.807) is 37.3 Å². The lowest BCUT2D eigenvalue weighted by molar-refractivity contribution is -0.140. The first-order valence-corrected chi connectivity index (χ1v) is 21.4. The standard InChI is InChI=1S/C34H44N4O7S.C9H12N2O.3H2/c1-21-7-5-6-8-24-19-34(24,32(41)37-46(42,43)33(3)12-13-33)36-30(40)28-18-26(20-38(28)29(39)16-22(2)15-21)45-31-27-10-9-25(44-4)17-23(27)11-14-35-31;1-11(2)8-5-3-7(4-6-8)9(10)12;;;/h6,8-11,14,17,21-22,24,26,28H,5,7,12-13,15-16,18-20H2,1-4H3,(H,36,40)(H,37,41);3-6H,1-2H3,(H2,10,12);3*1H/b8-6-;;;;/t21-,22+,24+,26+,28-,34+;;;;/m0..../s1. The Morgan fingerprint density at radius 2 is 1.78 bits per heavy atom. The van der Waals surface area contributed by atoms with Gasteiger partial charge in [0.05, 0.1) is 18.4 Å². The molecule has 3 fully saturated rings. The average Bonchev–Trinajstić information content (AvgIpc) is 4.06. The molecular weight excluding hydrogens is 761 g/mol. The number of hydrogen-bond donors (Lipinski definition) is 3. The molecule has 3 heterocycles. The van der Waals surface area contributed by atoms with Crippen molar-refractivity contribution in [1.29, 1.82) is 0 Å². The number of amides is 4. The number of nitrogens with one attached hydrogen (secondary N) is 2. The van der Waals surface area contributed by atoms with Crippen LogP contribution < -0.4 is 30.1 Å². The molecule has 3 aromatic rings. The van der Waals surface area contributed by atoms with E-state index in [2.05, 4.69) is 28.9 Å². The number of carbonyl (C=O) groups is 4. The molecule has 1 saturated heterocycles. The van der Waals surface area contributed by atoms with E-state index in [0.29, 0.717) is 36.0 Å². The van der Waals surface area contributed by atoms with Crippen molar-refractivity contribution in [2.45, 2.75) is 94.6 Å². The summed E-state index contributed by atoms with van der Waals surface area (Å²) < 4.78 is 39.0. The maximum Gasteiger partial charge on any atom is 0.259 e. The summed E-state index contributed by atoms with van der Waals surface area (Å²) in [5.74, 6) is -0.513. The molecular formula is C43H62N6O8S. The van der Waals surface area contributed by atoms with Crippen LogP contribution in [0.1, 0.15) is 86.8 Å². The summed E-state index contributed by atoms with van der Waals surface area (Å²) in [6.07, 6.45) is 9.38. The molecule has 7 rings (SSSR count). The number of nitrogens with zero attached hydrogens (tertiary/aromatic N) is 3. The van der Waals surface area contributed by atoms with Gasteiger partial charge in [-0.15, -0.1) is 0 Å². The first kappa shape index (κ1) is 42.4. The van der Waals surface area contributed by atoms with Crippen molar-refractivity contribution < 1.29 is 41.3 Å². The molecule has 1 aromatic heterocycles. The smallest absolute Gasteiger partial charge is 0.259 e. The van der Waals surface area contributed by atoms with Crippen LogP contribution in [-0.2, 0) is 24.4 Å². The molecule has 15 heteroatoms. The van der Waals surface area contributed by atoms with Crippen LogP contribution in [0.25, 0.3) is 10.8 Å².